The lowest BCUT2D eigenvalue weighted by Gasteiger charge is -2.27. The number of amidine groups is 1. The molecule has 2 aliphatic rings. The highest BCUT2D eigenvalue weighted by Crippen LogP contribution is 2.35. The monoisotopic (exact) mass is 434 g/mol. The van der Waals surface area contributed by atoms with Crippen LogP contribution in [0.15, 0.2) is 53.6 Å². The Morgan fingerprint density at radius 1 is 1.19 bits per heavy atom. The lowest BCUT2D eigenvalue weighted by molar-refractivity contribution is -0.115. The van der Waals surface area contributed by atoms with Crippen LogP contribution in [0.1, 0.15) is 41.2 Å². The second kappa shape index (κ2) is 8.15. The number of hydrogen-bond acceptors (Lipinski definition) is 6. The van der Waals surface area contributed by atoms with Gasteiger partial charge >= 0.3 is 0 Å². The number of halogens is 1. The maximum absolute atomic E-state index is 12.0. The fourth-order valence-corrected chi connectivity index (χ4v) is 4.08. The average Bonchev–Trinajstić information content (AvgIpc) is 3.40. The maximum Gasteiger partial charge on any atom is 0.176 e. The van der Waals surface area contributed by atoms with E-state index in [1.165, 1.54) is 11.1 Å². The van der Waals surface area contributed by atoms with E-state index in [0.717, 1.165) is 36.4 Å². The van der Waals surface area contributed by atoms with Gasteiger partial charge in [-0.3, -0.25) is 14.9 Å². The molecule has 158 valence electrons. The molecule has 0 spiro atoms. The van der Waals surface area contributed by atoms with Crippen LogP contribution >= 0.6 is 11.6 Å². The molecule has 5 rings (SSSR count). The summed E-state index contributed by atoms with van der Waals surface area (Å²) in [5.41, 5.74) is 3.33. The van der Waals surface area contributed by atoms with Crippen molar-refractivity contribution in [1.82, 2.24) is 25.1 Å². The number of nitrogens with zero attached hydrogens (tertiary/aromatic N) is 5. The zero-order valence-corrected chi connectivity index (χ0v) is 18.0. The summed E-state index contributed by atoms with van der Waals surface area (Å²) in [4.78, 5) is 18.8. The van der Waals surface area contributed by atoms with Crippen molar-refractivity contribution in [3.05, 3.63) is 81.9 Å². The third-order valence-electron chi connectivity index (χ3n) is 5.56. The molecule has 2 heterocycles. The van der Waals surface area contributed by atoms with Gasteiger partial charge in [-0.25, -0.2) is 4.98 Å². The summed E-state index contributed by atoms with van der Waals surface area (Å²) >= 11 is 6.05. The van der Waals surface area contributed by atoms with Crippen LogP contribution in [-0.4, -0.2) is 49.4 Å². The quantitative estimate of drug-likeness (QED) is 0.575. The highest BCUT2D eigenvalue weighted by molar-refractivity contribution is 6.30. The summed E-state index contributed by atoms with van der Waals surface area (Å²) in [5, 5.41) is 14.6. The molecule has 2 aromatic carbocycles. The molecule has 0 amide bonds. The second-order valence-electron chi connectivity index (χ2n) is 8.08. The van der Waals surface area contributed by atoms with Gasteiger partial charge in [-0.05, 0) is 49.6 Å². The molecule has 1 N–H and O–H groups in total. The maximum atomic E-state index is 12.0. The molecule has 8 heteroatoms. The summed E-state index contributed by atoms with van der Waals surface area (Å²) < 4.78 is 0. The number of carbonyl (C=O) groups excluding carboxylic acids is 1. The number of aromatic amines is 1. The highest BCUT2D eigenvalue weighted by atomic mass is 35.5. The van der Waals surface area contributed by atoms with Crippen LogP contribution in [0, 0.1) is 6.92 Å². The Bertz CT molecular complexity index is 1120. The average molecular weight is 435 g/mol. The second-order valence-corrected chi connectivity index (χ2v) is 8.52. The summed E-state index contributed by atoms with van der Waals surface area (Å²) in [5.74, 6) is 2.21. The Balaban J connectivity index is 1.37. The Labute approximate surface area is 185 Å². The number of benzene rings is 2. The number of H-pyrrole nitrogens is 1. The SMILES string of the molecule is Cc1cccc(Cc2n[nH]c(CN3N=C(c4ccc(Cl)cc4)N(C4CC4)C3C=O)n2)c1. The van der Waals surface area contributed by atoms with Gasteiger partial charge in [0.15, 0.2) is 24.1 Å². The van der Waals surface area contributed by atoms with Crippen LogP contribution in [0.4, 0.5) is 0 Å². The number of aldehydes is 1. The predicted octanol–water partition coefficient (Wildman–Crippen LogP) is 3.52. The number of hydrazone groups is 1. The summed E-state index contributed by atoms with van der Waals surface area (Å²) in [7, 11) is 0. The molecule has 0 bridgehead atoms. The van der Waals surface area contributed by atoms with Gasteiger partial charge in [0.2, 0.25) is 0 Å². The number of hydrogen-bond donors (Lipinski definition) is 1. The van der Waals surface area contributed by atoms with Gasteiger partial charge < -0.3 is 4.90 Å². The molecule has 31 heavy (non-hydrogen) atoms. The summed E-state index contributed by atoms with van der Waals surface area (Å²) in [6.45, 7) is 2.45. The van der Waals surface area contributed by atoms with Gasteiger partial charge in [0.05, 0.1) is 6.54 Å². The molecule has 1 unspecified atom stereocenters. The van der Waals surface area contributed by atoms with Crippen molar-refractivity contribution < 1.29 is 4.79 Å². The van der Waals surface area contributed by atoms with Crippen LogP contribution in [-0.2, 0) is 17.8 Å². The van der Waals surface area contributed by atoms with Gasteiger partial charge in [-0.1, -0.05) is 41.4 Å². The lowest BCUT2D eigenvalue weighted by Crippen LogP contribution is -2.44. The van der Waals surface area contributed by atoms with E-state index in [1.54, 1.807) is 5.01 Å². The molecule has 1 saturated carbocycles. The molecule has 1 atom stereocenters. The minimum absolute atomic E-state index is 0.334. The topological polar surface area (TPSA) is 77.5 Å². The van der Waals surface area contributed by atoms with Crippen LogP contribution in [0.5, 0.6) is 0 Å². The molecule has 0 saturated heterocycles. The predicted molar refractivity (Wildman–Crippen MR) is 119 cm³/mol. The Kier molecular flexibility index (Phi) is 5.19. The van der Waals surface area contributed by atoms with Crippen molar-refractivity contribution in [2.75, 3.05) is 0 Å². The van der Waals surface area contributed by atoms with E-state index in [4.69, 9.17) is 16.7 Å². The zero-order chi connectivity index (χ0) is 21.4. The Hall–Kier alpha value is -3.19. The molecular formula is C23H23ClN6O. The van der Waals surface area contributed by atoms with Crippen LogP contribution < -0.4 is 0 Å². The van der Waals surface area contributed by atoms with Crippen molar-refractivity contribution >= 4 is 23.7 Å². The molecule has 7 nitrogen and oxygen atoms in total. The van der Waals surface area contributed by atoms with Crippen molar-refractivity contribution in [1.29, 1.82) is 0 Å². The number of aryl methyl sites for hydroxylation is 1. The summed E-state index contributed by atoms with van der Waals surface area (Å²) in [6, 6.07) is 16.2. The van der Waals surface area contributed by atoms with Gasteiger partial charge in [0.1, 0.15) is 5.82 Å². The van der Waals surface area contributed by atoms with Gasteiger partial charge in [-0.15, -0.1) is 0 Å². The fraction of sp³-hybridized carbons (Fsp3) is 0.304. The van der Waals surface area contributed by atoms with Gasteiger partial charge in [0.25, 0.3) is 0 Å². The van der Waals surface area contributed by atoms with Crippen molar-refractivity contribution in [2.45, 2.75) is 44.9 Å². The standard InChI is InChI=1S/C23H23ClN6O/c1-15-3-2-4-16(11-15)12-20-25-21(27-26-20)13-29-22(14-31)30(19-9-10-19)23(28-29)17-5-7-18(24)8-6-17/h2-8,11,14,19,22H,9-10,12-13H2,1H3,(H,25,26,27). The van der Waals surface area contributed by atoms with E-state index in [2.05, 4.69) is 45.2 Å². The molecule has 1 fully saturated rings. The number of rotatable bonds is 7. The third-order valence-corrected chi connectivity index (χ3v) is 5.81. The van der Waals surface area contributed by atoms with Crippen LogP contribution in [0.25, 0.3) is 0 Å². The van der Waals surface area contributed by atoms with Crippen LogP contribution in [0.3, 0.4) is 0 Å². The van der Waals surface area contributed by atoms with Gasteiger partial charge in [-0.2, -0.15) is 10.2 Å². The Morgan fingerprint density at radius 3 is 2.71 bits per heavy atom. The minimum atomic E-state index is -0.455. The first-order valence-corrected chi connectivity index (χ1v) is 10.8. The molecule has 3 aromatic rings. The van der Waals surface area contributed by atoms with E-state index >= 15 is 0 Å². The fourth-order valence-electron chi connectivity index (χ4n) is 3.96. The summed E-state index contributed by atoms with van der Waals surface area (Å²) in [6.07, 6.45) is 3.28. The van der Waals surface area contributed by atoms with E-state index in [0.29, 0.717) is 29.9 Å². The van der Waals surface area contributed by atoms with E-state index < -0.39 is 6.17 Å². The molecule has 1 aliphatic carbocycles. The Morgan fingerprint density at radius 2 is 2.00 bits per heavy atom. The molecule has 1 aromatic heterocycles. The van der Waals surface area contributed by atoms with Crippen molar-refractivity contribution in [2.24, 2.45) is 5.10 Å². The molecule has 1 aliphatic heterocycles. The number of nitrogens with one attached hydrogen (secondary N) is 1. The third kappa shape index (κ3) is 4.18. The first-order valence-electron chi connectivity index (χ1n) is 10.4. The van der Waals surface area contributed by atoms with E-state index in [9.17, 15) is 4.79 Å². The largest absolute Gasteiger partial charge is 0.324 e. The minimum Gasteiger partial charge on any atom is -0.324 e. The first-order chi connectivity index (χ1) is 15.1. The normalized spacial score (nSPS) is 18.4. The van der Waals surface area contributed by atoms with E-state index in [-0.39, 0.29) is 0 Å². The van der Waals surface area contributed by atoms with E-state index in [1.807, 2.05) is 30.3 Å². The van der Waals surface area contributed by atoms with Gasteiger partial charge in [0, 0.05) is 23.0 Å². The smallest absolute Gasteiger partial charge is 0.176 e. The van der Waals surface area contributed by atoms with Crippen LogP contribution in [0.2, 0.25) is 5.02 Å². The van der Waals surface area contributed by atoms with Crippen molar-refractivity contribution in [3.63, 3.8) is 0 Å². The van der Waals surface area contributed by atoms with Crippen molar-refractivity contribution in [3.8, 4) is 0 Å². The lowest BCUT2D eigenvalue weighted by atomic mass is 10.1. The highest BCUT2D eigenvalue weighted by Gasteiger charge is 2.43. The molecule has 0 radical (unpaired) electrons. The number of aromatic nitrogens is 3. The molecular weight excluding hydrogens is 412 g/mol. The first kappa shape index (κ1) is 19.8. The zero-order valence-electron chi connectivity index (χ0n) is 17.2. The number of carbonyl (C=O) groups is 1.